The fourth-order valence-corrected chi connectivity index (χ4v) is 1.51. The van der Waals surface area contributed by atoms with Gasteiger partial charge in [-0.2, -0.15) is 0 Å². The van der Waals surface area contributed by atoms with E-state index >= 15 is 0 Å². The number of hydrogen-bond acceptors (Lipinski definition) is 5. The molecule has 6 nitrogen and oxygen atoms in total. The summed E-state index contributed by atoms with van der Waals surface area (Å²) in [5.41, 5.74) is 4.98. The molecule has 0 unspecified atom stereocenters. The van der Waals surface area contributed by atoms with Crippen molar-refractivity contribution in [3.05, 3.63) is 27.3 Å². The van der Waals surface area contributed by atoms with Gasteiger partial charge < -0.3 is 10.5 Å². The van der Waals surface area contributed by atoms with E-state index in [0.29, 0.717) is 6.42 Å². The second-order valence-electron chi connectivity index (χ2n) is 3.64. The zero-order chi connectivity index (χ0) is 13.7. The van der Waals surface area contributed by atoms with Crippen molar-refractivity contribution in [3.8, 4) is 5.75 Å². The van der Waals surface area contributed by atoms with Gasteiger partial charge in [0, 0.05) is 12.5 Å². The van der Waals surface area contributed by atoms with Gasteiger partial charge in [0.1, 0.15) is 0 Å². The lowest BCUT2D eigenvalue weighted by Gasteiger charge is -2.08. The van der Waals surface area contributed by atoms with Crippen LogP contribution in [0.5, 0.6) is 5.75 Å². The van der Waals surface area contributed by atoms with Gasteiger partial charge in [0.25, 0.3) is 5.69 Å². The number of nitrogens with two attached hydrogens (primary N) is 1. The number of nitro groups is 1. The molecule has 0 atom stereocenters. The number of halogens is 1. The van der Waals surface area contributed by atoms with E-state index in [1.807, 2.05) is 6.92 Å². The highest BCUT2D eigenvalue weighted by Crippen LogP contribution is 2.37. The van der Waals surface area contributed by atoms with Crippen molar-refractivity contribution in [2.45, 2.75) is 26.2 Å². The normalized spacial score (nSPS) is 10.1. The monoisotopic (exact) mass is 272 g/mol. The van der Waals surface area contributed by atoms with E-state index in [1.165, 1.54) is 12.1 Å². The third-order valence-electron chi connectivity index (χ3n) is 2.27. The number of benzene rings is 1. The number of esters is 1. The van der Waals surface area contributed by atoms with Gasteiger partial charge in [0.05, 0.1) is 9.95 Å². The van der Waals surface area contributed by atoms with Crippen LogP contribution in [0.25, 0.3) is 0 Å². The predicted octanol–water partition coefficient (Wildman–Crippen LogP) is 2.93. The third kappa shape index (κ3) is 3.33. The number of nitro benzene ring substituents is 1. The molecule has 98 valence electrons. The molecule has 7 heteroatoms. The molecule has 0 aliphatic heterocycles. The molecule has 0 saturated heterocycles. The maximum absolute atomic E-state index is 11.5. The van der Waals surface area contributed by atoms with E-state index in [4.69, 9.17) is 22.1 Å². The molecule has 0 bridgehead atoms. The van der Waals surface area contributed by atoms with Crippen LogP contribution in [0.3, 0.4) is 0 Å². The Labute approximate surface area is 109 Å². The third-order valence-corrected chi connectivity index (χ3v) is 2.57. The number of nitrogen functional groups attached to an aromatic ring is 1. The van der Waals surface area contributed by atoms with Crippen LogP contribution in [0.4, 0.5) is 11.4 Å². The Morgan fingerprint density at radius 1 is 1.56 bits per heavy atom. The number of hydrogen-bond donors (Lipinski definition) is 1. The van der Waals surface area contributed by atoms with E-state index in [2.05, 4.69) is 0 Å². The average molecular weight is 273 g/mol. The minimum atomic E-state index is -0.658. The van der Waals surface area contributed by atoms with E-state index < -0.39 is 10.9 Å². The van der Waals surface area contributed by atoms with E-state index in [1.54, 1.807) is 0 Å². The second kappa shape index (κ2) is 6.20. The van der Waals surface area contributed by atoms with Gasteiger partial charge in [-0.3, -0.25) is 14.9 Å². The first-order valence-electron chi connectivity index (χ1n) is 5.40. The Hall–Kier alpha value is -1.82. The van der Waals surface area contributed by atoms with Gasteiger partial charge in [-0.15, -0.1) is 0 Å². The lowest BCUT2D eigenvalue weighted by atomic mass is 10.2. The molecule has 0 aliphatic carbocycles. The summed E-state index contributed by atoms with van der Waals surface area (Å²) < 4.78 is 4.97. The van der Waals surface area contributed by atoms with Crippen LogP contribution in [0.2, 0.25) is 5.02 Å². The van der Waals surface area contributed by atoms with Crippen LogP contribution in [0.15, 0.2) is 12.1 Å². The van der Waals surface area contributed by atoms with Crippen LogP contribution in [-0.2, 0) is 4.79 Å². The van der Waals surface area contributed by atoms with E-state index in [-0.39, 0.29) is 28.6 Å². The predicted molar refractivity (Wildman–Crippen MR) is 67.7 cm³/mol. The molecule has 0 aliphatic rings. The highest BCUT2D eigenvalue weighted by molar-refractivity contribution is 6.32. The Balaban J connectivity index is 2.97. The molecule has 0 spiro atoms. The van der Waals surface area contributed by atoms with Crippen LogP contribution in [0, 0.1) is 10.1 Å². The average Bonchev–Trinajstić information content (AvgIpc) is 2.31. The molecule has 0 amide bonds. The summed E-state index contributed by atoms with van der Waals surface area (Å²) in [5.74, 6) is -0.655. The lowest BCUT2D eigenvalue weighted by Crippen LogP contribution is -2.10. The molecule has 0 aromatic heterocycles. The van der Waals surface area contributed by atoms with Gasteiger partial charge in [0.2, 0.25) is 0 Å². The number of rotatable bonds is 5. The zero-order valence-electron chi connectivity index (χ0n) is 9.81. The van der Waals surface area contributed by atoms with Crippen molar-refractivity contribution < 1.29 is 14.5 Å². The maximum Gasteiger partial charge on any atom is 0.311 e. The van der Waals surface area contributed by atoms with Gasteiger partial charge in [-0.1, -0.05) is 24.9 Å². The minimum absolute atomic E-state index is 0.0722. The first kappa shape index (κ1) is 14.2. The van der Waals surface area contributed by atoms with E-state index in [9.17, 15) is 14.9 Å². The molecule has 1 aromatic carbocycles. The van der Waals surface area contributed by atoms with Crippen molar-refractivity contribution in [1.82, 2.24) is 0 Å². The summed E-state index contributed by atoms with van der Waals surface area (Å²) in [4.78, 5) is 21.5. The topological polar surface area (TPSA) is 95.5 Å². The lowest BCUT2D eigenvalue weighted by molar-refractivity contribution is -0.383. The SMILES string of the molecule is CCCCC(=O)Oc1c(Cl)ccc([N+](=O)[O-])c1N. The van der Waals surface area contributed by atoms with Crippen LogP contribution < -0.4 is 10.5 Å². The van der Waals surface area contributed by atoms with Crippen molar-refractivity contribution >= 4 is 28.9 Å². The number of carbonyl (C=O) groups excluding carboxylic acids is 1. The van der Waals surface area contributed by atoms with Crippen molar-refractivity contribution in [2.75, 3.05) is 5.73 Å². The zero-order valence-corrected chi connectivity index (χ0v) is 10.6. The van der Waals surface area contributed by atoms with Gasteiger partial charge in [0.15, 0.2) is 11.4 Å². The molecule has 0 heterocycles. The first-order valence-corrected chi connectivity index (χ1v) is 5.78. The second-order valence-corrected chi connectivity index (χ2v) is 4.05. The number of anilines is 1. The van der Waals surface area contributed by atoms with Gasteiger partial charge in [-0.25, -0.2) is 0 Å². The summed E-state index contributed by atoms with van der Waals surface area (Å²) in [7, 11) is 0. The quantitative estimate of drug-likeness (QED) is 0.292. The Bertz CT molecular complexity index is 476. The number of ether oxygens (including phenoxy) is 1. The van der Waals surface area contributed by atoms with Crippen LogP contribution >= 0.6 is 11.6 Å². The Kier molecular flexibility index (Phi) is 4.91. The standard InChI is InChI=1S/C11H13ClN2O4/c1-2-3-4-9(15)18-11-7(12)5-6-8(10(11)13)14(16)17/h5-6H,2-4,13H2,1H3. The summed E-state index contributed by atoms with van der Waals surface area (Å²) in [6.45, 7) is 1.93. The smallest absolute Gasteiger partial charge is 0.311 e. The minimum Gasteiger partial charge on any atom is -0.422 e. The van der Waals surface area contributed by atoms with E-state index in [0.717, 1.165) is 6.42 Å². The summed E-state index contributed by atoms with van der Waals surface area (Å²) in [6, 6.07) is 2.44. The first-order chi connectivity index (χ1) is 8.47. The molecule has 0 radical (unpaired) electrons. The maximum atomic E-state index is 11.5. The van der Waals surface area contributed by atoms with Crippen molar-refractivity contribution in [2.24, 2.45) is 0 Å². The summed E-state index contributed by atoms with van der Waals surface area (Å²) in [5, 5.41) is 10.8. The fraction of sp³-hybridized carbons (Fsp3) is 0.364. The highest BCUT2D eigenvalue weighted by Gasteiger charge is 2.20. The molecular formula is C11H13ClN2O4. The van der Waals surface area contributed by atoms with Crippen molar-refractivity contribution in [3.63, 3.8) is 0 Å². The molecule has 18 heavy (non-hydrogen) atoms. The Morgan fingerprint density at radius 2 is 2.22 bits per heavy atom. The van der Waals surface area contributed by atoms with Gasteiger partial charge >= 0.3 is 5.97 Å². The molecule has 1 rings (SSSR count). The summed E-state index contributed by atoms with van der Waals surface area (Å²) >= 11 is 5.80. The molecule has 0 saturated carbocycles. The molecule has 0 fully saturated rings. The van der Waals surface area contributed by atoms with Crippen LogP contribution in [0.1, 0.15) is 26.2 Å². The largest absolute Gasteiger partial charge is 0.422 e. The van der Waals surface area contributed by atoms with Crippen LogP contribution in [-0.4, -0.2) is 10.9 Å². The van der Waals surface area contributed by atoms with Gasteiger partial charge in [-0.05, 0) is 12.5 Å². The number of unbranched alkanes of at least 4 members (excludes halogenated alkanes) is 1. The Morgan fingerprint density at radius 3 is 2.78 bits per heavy atom. The number of carbonyl (C=O) groups is 1. The fourth-order valence-electron chi connectivity index (χ4n) is 1.31. The highest BCUT2D eigenvalue weighted by atomic mass is 35.5. The number of nitrogens with zero attached hydrogens (tertiary/aromatic N) is 1. The van der Waals surface area contributed by atoms with Crippen molar-refractivity contribution in [1.29, 1.82) is 0 Å². The molecule has 2 N–H and O–H groups in total. The molecular weight excluding hydrogens is 260 g/mol. The summed E-state index contributed by atoms with van der Waals surface area (Å²) in [6.07, 6.45) is 1.73. The molecule has 1 aromatic rings.